The van der Waals surface area contributed by atoms with Gasteiger partial charge in [-0.3, -0.25) is 0 Å². The number of aryl methyl sites for hydroxylation is 1. The Hall–Kier alpha value is -1.16. The Balaban J connectivity index is 2.69. The van der Waals surface area contributed by atoms with Crippen molar-refractivity contribution in [2.24, 2.45) is 5.73 Å². The average Bonchev–Trinajstić information content (AvgIpc) is 2.15. The highest BCUT2D eigenvalue weighted by Gasteiger charge is 2.05. The van der Waals surface area contributed by atoms with Gasteiger partial charge in [-0.1, -0.05) is 12.1 Å². The number of hydrogen-bond donors (Lipinski definition) is 1. The predicted octanol–water partition coefficient (Wildman–Crippen LogP) is 2.10. The van der Waals surface area contributed by atoms with Gasteiger partial charge in [-0.2, -0.15) is 0 Å². The van der Waals surface area contributed by atoms with Gasteiger partial charge >= 0.3 is 0 Å². The monoisotopic (exact) mass is 201 g/mol. The van der Waals surface area contributed by atoms with E-state index < -0.39 is 13.0 Å². The number of rotatable bonds is 4. The summed E-state index contributed by atoms with van der Waals surface area (Å²) >= 11 is 0. The zero-order chi connectivity index (χ0) is 10.6. The van der Waals surface area contributed by atoms with E-state index in [1.807, 2.05) is 6.07 Å². The topological polar surface area (TPSA) is 35.2 Å². The summed E-state index contributed by atoms with van der Waals surface area (Å²) in [5.74, 6) is 0.488. The van der Waals surface area contributed by atoms with Crippen LogP contribution in [-0.2, 0) is 6.54 Å². The molecule has 0 atom stereocenters. The second kappa shape index (κ2) is 4.91. The van der Waals surface area contributed by atoms with Crippen LogP contribution >= 0.6 is 0 Å². The van der Waals surface area contributed by atoms with Crippen LogP contribution in [0.2, 0.25) is 0 Å². The fraction of sp³-hybridized carbons (Fsp3) is 0.400. The highest BCUT2D eigenvalue weighted by atomic mass is 19.3. The van der Waals surface area contributed by atoms with E-state index in [9.17, 15) is 8.78 Å². The molecule has 78 valence electrons. The van der Waals surface area contributed by atoms with E-state index in [0.29, 0.717) is 12.3 Å². The molecule has 0 unspecified atom stereocenters. The first-order chi connectivity index (χ1) is 6.63. The van der Waals surface area contributed by atoms with E-state index in [4.69, 9.17) is 10.5 Å². The average molecular weight is 201 g/mol. The first kappa shape index (κ1) is 10.9. The van der Waals surface area contributed by atoms with Crippen LogP contribution in [0.4, 0.5) is 8.78 Å². The molecule has 0 aliphatic heterocycles. The highest BCUT2D eigenvalue weighted by molar-refractivity contribution is 5.36. The van der Waals surface area contributed by atoms with Gasteiger partial charge in [0.05, 0.1) is 0 Å². The van der Waals surface area contributed by atoms with Gasteiger partial charge in [-0.15, -0.1) is 0 Å². The number of hydrogen-bond acceptors (Lipinski definition) is 2. The molecule has 0 radical (unpaired) electrons. The predicted molar refractivity (Wildman–Crippen MR) is 50.6 cm³/mol. The Kier molecular flexibility index (Phi) is 3.83. The van der Waals surface area contributed by atoms with Crippen LogP contribution in [0.1, 0.15) is 11.1 Å². The lowest BCUT2D eigenvalue weighted by Gasteiger charge is -2.09. The molecule has 2 nitrogen and oxygen atoms in total. The zero-order valence-corrected chi connectivity index (χ0v) is 7.97. The Morgan fingerprint density at radius 1 is 1.43 bits per heavy atom. The molecule has 0 saturated carbocycles. The summed E-state index contributed by atoms with van der Waals surface area (Å²) in [6.45, 7) is 1.68. The number of alkyl halides is 2. The van der Waals surface area contributed by atoms with Crippen molar-refractivity contribution in [3.63, 3.8) is 0 Å². The van der Waals surface area contributed by atoms with Crippen molar-refractivity contribution in [3.05, 3.63) is 29.3 Å². The third-order valence-corrected chi connectivity index (χ3v) is 1.84. The van der Waals surface area contributed by atoms with Gasteiger partial charge in [0.25, 0.3) is 6.43 Å². The van der Waals surface area contributed by atoms with E-state index in [-0.39, 0.29) is 0 Å². The first-order valence-corrected chi connectivity index (χ1v) is 4.34. The second-order valence-electron chi connectivity index (χ2n) is 3.01. The van der Waals surface area contributed by atoms with Crippen molar-refractivity contribution in [3.8, 4) is 5.75 Å². The molecule has 0 aliphatic rings. The van der Waals surface area contributed by atoms with Gasteiger partial charge in [-0.25, -0.2) is 8.78 Å². The number of ether oxygens (including phenoxy) is 1. The minimum absolute atomic E-state index is 0.440. The largest absolute Gasteiger partial charge is 0.487 e. The zero-order valence-electron chi connectivity index (χ0n) is 7.97. The van der Waals surface area contributed by atoms with E-state index in [2.05, 4.69) is 0 Å². The Labute approximate surface area is 81.7 Å². The SMILES string of the molecule is Cc1cc(CN)ccc1OCC(F)F. The van der Waals surface area contributed by atoms with Crippen LogP contribution in [0, 0.1) is 6.92 Å². The molecular formula is C10H13F2NO. The van der Waals surface area contributed by atoms with Gasteiger partial charge in [0.15, 0.2) is 0 Å². The standard InChI is InChI=1S/C10H13F2NO/c1-7-4-8(5-13)2-3-9(7)14-6-10(11)12/h2-4,10H,5-6,13H2,1H3. The van der Waals surface area contributed by atoms with Crippen LogP contribution in [-0.4, -0.2) is 13.0 Å². The molecule has 1 aromatic carbocycles. The van der Waals surface area contributed by atoms with Crippen molar-refractivity contribution in [1.29, 1.82) is 0 Å². The maximum atomic E-state index is 11.9. The lowest BCUT2D eigenvalue weighted by molar-refractivity contribution is 0.0816. The van der Waals surface area contributed by atoms with Crippen molar-refractivity contribution in [2.75, 3.05) is 6.61 Å². The highest BCUT2D eigenvalue weighted by Crippen LogP contribution is 2.19. The molecule has 0 bridgehead atoms. The van der Waals surface area contributed by atoms with Gasteiger partial charge in [0, 0.05) is 6.54 Å². The van der Waals surface area contributed by atoms with Crippen molar-refractivity contribution in [1.82, 2.24) is 0 Å². The Bertz CT molecular complexity index is 302. The molecule has 0 saturated heterocycles. The van der Waals surface area contributed by atoms with E-state index in [0.717, 1.165) is 11.1 Å². The summed E-state index contributed by atoms with van der Waals surface area (Å²) in [6, 6.07) is 5.27. The molecule has 1 rings (SSSR count). The van der Waals surface area contributed by atoms with Gasteiger partial charge in [0.2, 0.25) is 0 Å². The van der Waals surface area contributed by atoms with Crippen LogP contribution in [0.25, 0.3) is 0 Å². The molecule has 0 aliphatic carbocycles. The summed E-state index contributed by atoms with van der Waals surface area (Å²) in [7, 11) is 0. The number of halogens is 2. The van der Waals surface area contributed by atoms with E-state index in [1.54, 1.807) is 19.1 Å². The third-order valence-electron chi connectivity index (χ3n) is 1.84. The summed E-state index contributed by atoms with van der Waals surface area (Å²) in [4.78, 5) is 0. The fourth-order valence-electron chi connectivity index (χ4n) is 1.15. The number of benzene rings is 1. The maximum Gasteiger partial charge on any atom is 0.272 e. The summed E-state index contributed by atoms with van der Waals surface area (Å²) < 4.78 is 28.6. The summed E-state index contributed by atoms with van der Waals surface area (Å²) in [6.07, 6.45) is -2.44. The van der Waals surface area contributed by atoms with Crippen LogP contribution in [0.3, 0.4) is 0 Å². The molecular weight excluding hydrogens is 188 g/mol. The minimum atomic E-state index is -2.44. The molecule has 0 heterocycles. The smallest absolute Gasteiger partial charge is 0.272 e. The summed E-state index contributed by atoms with van der Waals surface area (Å²) in [5.41, 5.74) is 7.22. The van der Waals surface area contributed by atoms with E-state index in [1.165, 1.54) is 0 Å². The molecule has 14 heavy (non-hydrogen) atoms. The fourth-order valence-corrected chi connectivity index (χ4v) is 1.15. The Morgan fingerprint density at radius 3 is 2.64 bits per heavy atom. The lowest BCUT2D eigenvalue weighted by Crippen LogP contribution is -2.08. The van der Waals surface area contributed by atoms with Crippen molar-refractivity contribution >= 4 is 0 Å². The molecule has 1 aromatic rings. The molecule has 0 fully saturated rings. The van der Waals surface area contributed by atoms with Gasteiger partial charge in [-0.05, 0) is 24.1 Å². The molecule has 0 spiro atoms. The number of nitrogens with two attached hydrogens (primary N) is 1. The molecule has 2 N–H and O–H groups in total. The first-order valence-electron chi connectivity index (χ1n) is 4.34. The van der Waals surface area contributed by atoms with Gasteiger partial charge in [0.1, 0.15) is 12.4 Å². The normalized spacial score (nSPS) is 10.6. The molecule has 4 heteroatoms. The quantitative estimate of drug-likeness (QED) is 0.809. The van der Waals surface area contributed by atoms with Crippen molar-refractivity contribution < 1.29 is 13.5 Å². The Morgan fingerprint density at radius 2 is 2.14 bits per heavy atom. The van der Waals surface area contributed by atoms with Crippen LogP contribution < -0.4 is 10.5 Å². The lowest BCUT2D eigenvalue weighted by atomic mass is 10.1. The molecule has 0 amide bonds. The maximum absolute atomic E-state index is 11.9. The summed E-state index contributed by atoms with van der Waals surface area (Å²) in [5, 5.41) is 0. The van der Waals surface area contributed by atoms with Crippen LogP contribution in [0.5, 0.6) is 5.75 Å². The second-order valence-corrected chi connectivity index (χ2v) is 3.01. The van der Waals surface area contributed by atoms with Crippen LogP contribution in [0.15, 0.2) is 18.2 Å². The van der Waals surface area contributed by atoms with E-state index >= 15 is 0 Å². The van der Waals surface area contributed by atoms with Gasteiger partial charge < -0.3 is 10.5 Å². The van der Waals surface area contributed by atoms with Crippen molar-refractivity contribution in [2.45, 2.75) is 19.9 Å². The third kappa shape index (κ3) is 2.96. The molecule has 0 aromatic heterocycles. The minimum Gasteiger partial charge on any atom is -0.487 e.